The molecule has 1 saturated heterocycles. The summed E-state index contributed by atoms with van der Waals surface area (Å²) in [4.78, 5) is 18.6. The average molecular weight is 304 g/mol. The molecule has 1 aromatic heterocycles. The summed E-state index contributed by atoms with van der Waals surface area (Å²) in [6.07, 6.45) is 3.20. The number of carbonyl (C=O) groups is 1. The molecule has 3 N–H and O–H groups in total. The van der Waals surface area contributed by atoms with Gasteiger partial charge in [-0.05, 0) is 6.07 Å². The maximum Gasteiger partial charge on any atom is 0.252 e. The Balaban J connectivity index is 1.88. The zero-order chi connectivity index (χ0) is 14.9. The van der Waals surface area contributed by atoms with Gasteiger partial charge in [0.05, 0.1) is 17.7 Å². The van der Waals surface area contributed by atoms with Crippen LogP contribution in [-0.2, 0) is 0 Å². The summed E-state index contributed by atoms with van der Waals surface area (Å²) in [5.74, 6) is 7.89. The lowest BCUT2D eigenvalue weighted by atomic mass is 10.1. The summed E-state index contributed by atoms with van der Waals surface area (Å²) in [5, 5.41) is 2.95. The summed E-state index contributed by atoms with van der Waals surface area (Å²) in [6.45, 7) is 4.01. The summed E-state index contributed by atoms with van der Waals surface area (Å²) in [6, 6.07) is 1.69. The lowest BCUT2D eigenvalue weighted by Gasteiger charge is -2.26. The minimum absolute atomic E-state index is 0.106. The van der Waals surface area contributed by atoms with Gasteiger partial charge in [0.1, 0.15) is 0 Å². The molecule has 5 nitrogen and oxygen atoms in total. The fraction of sp³-hybridized carbons (Fsp3) is 0.467. The Kier molecular flexibility index (Phi) is 6.54. The van der Waals surface area contributed by atoms with Crippen LogP contribution in [-0.4, -0.2) is 60.0 Å². The van der Waals surface area contributed by atoms with E-state index in [4.69, 9.17) is 5.73 Å². The van der Waals surface area contributed by atoms with Crippen molar-refractivity contribution in [3.63, 3.8) is 0 Å². The third-order valence-corrected chi connectivity index (χ3v) is 4.15. The minimum atomic E-state index is -0.106. The molecular weight excluding hydrogens is 284 g/mol. The van der Waals surface area contributed by atoms with Gasteiger partial charge in [0, 0.05) is 50.1 Å². The third-order valence-electron chi connectivity index (χ3n) is 3.21. The van der Waals surface area contributed by atoms with Gasteiger partial charge in [-0.2, -0.15) is 11.8 Å². The molecule has 0 aliphatic carbocycles. The van der Waals surface area contributed by atoms with E-state index in [1.807, 2.05) is 11.8 Å². The fourth-order valence-electron chi connectivity index (χ4n) is 2.09. The number of aromatic nitrogens is 1. The van der Waals surface area contributed by atoms with Crippen molar-refractivity contribution < 1.29 is 4.79 Å². The molecule has 2 heterocycles. The number of hydrogen-bond acceptors (Lipinski definition) is 5. The van der Waals surface area contributed by atoms with E-state index < -0.39 is 0 Å². The molecule has 1 fully saturated rings. The summed E-state index contributed by atoms with van der Waals surface area (Å²) >= 11 is 1.98. The van der Waals surface area contributed by atoms with Gasteiger partial charge >= 0.3 is 0 Å². The van der Waals surface area contributed by atoms with Crippen molar-refractivity contribution in [3.8, 4) is 11.8 Å². The van der Waals surface area contributed by atoms with Crippen LogP contribution >= 0.6 is 11.8 Å². The van der Waals surface area contributed by atoms with Crippen LogP contribution in [0.15, 0.2) is 18.5 Å². The predicted molar refractivity (Wildman–Crippen MR) is 86.3 cm³/mol. The van der Waals surface area contributed by atoms with E-state index in [1.165, 1.54) is 11.5 Å². The molecule has 0 atom stereocenters. The maximum absolute atomic E-state index is 12.2. The quantitative estimate of drug-likeness (QED) is 0.776. The first-order valence-corrected chi connectivity index (χ1v) is 8.18. The van der Waals surface area contributed by atoms with Gasteiger partial charge in [0.25, 0.3) is 5.91 Å². The highest BCUT2D eigenvalue weighted by Gasteiger charge is 2.12. The van der Waals surface area contributed by atoms with E-state index in [9.17, 15) is 4.79 Å². The van der Waals surface area contributed by atoms with Gasteiger partial charge < -0.3 is 11.1 Å². The van der Waals surface area contributed by atoms with Crippen molar-refractivity contribution in [3.05, 3.63) is 29.6 Å². The average Bonchev–Trinajstić information content (AvgIpc) is 2.54. The fourth-order valence-corrected chi connectivity index (χ4v) is 3.06. The lowest BCUT2D eigenvalue weighted by Crippen LogP contribution is -2.39. The summed E-state index contributed by atoms with van der Waals surface area (Å²) < 4.78 is 0. The van der Waals surface area contributed by atoms with Crippen molar-refractivity contribution in [2.45, 2.75) is 0 Å². The normalized spacial score (nSPS) is 15.1. The molecule has 0 unspecified atom stereocenters. The molecule has 0 radical (unpaired) electrons. The van der Waals surface area contributed by atoms with Crippen LogP contribution in [0.1, 0.15) is 15.9 Å². The molecule has 6 heteroatoms. The van der Waals surface area contributed by atoms with E-state index in [0.29, 0.717) is 17.7 Å². The highest BCUT2D eigenvalue weighted by atomic mass is 32.2. The SMILES string of the molecule is NCC#Cc1cnccc1C(=O)NCCN1CCSCC1. The highest BCUT2D eigenvalue weighted by molar-refractivity contribution is 7.99. The number of pyridine rings is 1. The van der Waals surface area contributed by atoms with Gasteiger partial charge in [-0.3, -0.25) is 14.7 Å². The lowest BCUT2D eigenvalue weighted by molar-refractivity contribution is 0.0948. The van der Waals surface area contributed by atoms with Crippen molar-refractivity contribution in [1.82, 2.24) is 15.2 Å². The van der Waals surface area contributed by atoms with E-state index in [-0.39, 0.29) is 12.5 Å². The van der Waals surface area contributed by atoms with Crippen LogP contribution in [0, 0.1) is 11.8 Å². The van der Waals surface area contributed by atoms with Gasteiger partial charge in [0.15, 0.2) is 0 Å². The van der Waals surface area contributed by atoms with Crippen LogP contribution in [0.5, 0.6) is 0 Å². The zero-order valence-corrected chi connectivity index (χ0v) is 12.8. The first kappa shape index (κ1) is 15.8. The number of rotatable bonds is 4. The summed E-state index contributed by atoms with van der Waals surface area (Å²) in [7, 11) is 0. The van der Waals surface area contributed by atoms with Crippen LogP contribution in [0.25, 0.3) is 0 Å². The molecule has 2 rings (SSSR count). The largest absolute Gasteiger partial charge is 0.351 e. The van der Waals surface area contributed by atoms with Gasteiger partial charge in [0.2, 0.25) is 0 Å². The zero-order valence-electron chi connectivity index (χ0n) is 12.0. The second kappa shape index (κ2) is 8.67. The van der Waals surface area contributed by atoms with Gasteiger partial charge in [-0.15, -0.1) is 0 Å². The number of nitrogens with two attached hydrogens (primary N) is 1. The number of carbonyl (C=O) groups excluding carboxylic acids is 1. The van der Waals surface area contributed by atoms with Crippen LogP contribution < -0.4 is 11.1 Å². The van der Waals surface area contributed by atoms with Crippen molar-refractivity contribution in [2.24, 2.45) is 5.73 Å². The van der Waals surface area contributed by atoms with Crippen LogP contribution in [0.4, 0.5) is 0 Å². The molecule has 1 aromatic rings. The predicted octanol–water partition coefficient (Wildman–Crippen LogP) is 0.170. The van der Waals surface area contributed by atoms with E-state index in [0.717, 1.165) is 19.6 Å². The van der Waals surface area contributed by atoms with Gasteiger partial charge in [-0.1, -0.05) is 11.8 Å². The van der Waals surface area contributed by atoms with Crippen molar-refractivity contribution >= 4 is 17.7 Å². The molecule has 1 aliphatic rings. The number of nitrogens with zero attached hydrogens (tertiary/aromatic N) is 2. The Labute approximate surface area is 129 Å². The van der Waals surface area contributed by atoms with Gasteiger partial charge in [-0.25, -0.2) is 0 Å². The maximum atomic E-state index is 12.2. The number of thioether (sulfide) groups is 1. The highest BCUT2D eigenvalue weighted by Crippen LogP contribution is 2.08. The topological polar surface area (TPSA) is 71.2 Å². The van der Waals surface area contributed by atoms with Crippen molar-refractivity contribution in [2.75, 3.05) is 44.2 Å². The Bertz CT molecular complexity index is 532. The monoisotopic (exact) mass is 304 g/mol. The number of hydrogen-bond donors (Lipinski definition) is 2. The van der Waals surface area contributed by atoms with Crippen LogP contribution in [0.2, 0.25) is 0 Å². The standard InChI is InChI=1S/C15H20N4OS/c16-4-1-2-13-12-17-5-3-14(13)15(20)18-6-7-19-8-10-21-11-9-19/h3,5,12H,4,6-11,16H2,(H,18,20). The Hall–Kier alpha value is -1.55. The first-order chi connectivity index (χ1) is 10.3. The van der Waals surface area contributed by atoms with Crippen molar-refractivity contribution in [1.29, 1.82) is 0 Å². The minimum Gasteiger partial charge on any atom is -0.351 e. The smallest absolute Gasteiger partial charge is 0.252 e. The van der Waals surface area contributed by atoms with E-state index in [2.05, 4.69) is 27.0 Å². The van der Waals surface area contributed by atoms with E-state index >= 15 is 0 Å². The van der Waals surface area contributed by atoms with E-state index in [1.54, 1.807) is 18.5 Å². The molecule has 1 amide bonds. The first-order valence-electron chi connectivity index (χ1n) is 7.02. The molecule has 0 bridgehead atoms. The molecule has 21 heavy (non-hydrogen) atoms. The molecule has 0 aromatic carbocycles. The molecule has 0 spiro atoms. The third kappa shape index (κ3) is 5.05. The molecule has 0 saturated carbocycles. The van der Waals surface area contributed by atoms with Crippen LogP contribution in [0.3, 0.4) is 0 Å². The second-order valence-electron chi connectivity index (χ2n) is 4.64. The second-order valence-corrected chi connectivity index (χ2v) is 5.86. The molecule has 112 valence electrons. The Morgan fingerprint density at radius 2 is 2.29 bits per heavy atom. The molecular formula is C15H20N4OS. The number of amides is 1. The Morgan fingerprint density at radius 1 is 1.48 bits per heavy atom. The molecule has 1 aliphatic heterocycles. The summed E-state index contributed by atoms with van der Waals surface area (Å²) in [5.41, 5.74) is 6.54. The Morgan fingerprint density at radius 3 is 3.05 bits per heavy atom. The number of nitrogens with one attached hydrogen (secondary N) is 1.